The molecule has 0 aliphatic heterocycles. The molecule has 0 amide bonds. The molecule has 72 valence electrons. The molecule has 1 rings (SSSR count). The van der Waals surface area contributed by atoms with E-state index in [4.69, 9.17) is 10.00 Å². The van der Waals surface area contributed by atoms with Gasteiger partial charge in [0.2, 0.25) is 0 Å². The Labute approximate surface area is 82.9 Å². The fourth-order valence-electron chi connectivity index (χ4n) is 1.02. The van der Waals surface area contributed by atoms with Crippen LogP contribution >= 0.6 is 0 Å². The van der Waals surface area contributed by atoms with E-state index in [1.54, 1.807) is 12.1 Å². The standard InChI is InChI=1S/C11H11NO2/c1-9-4-2-5-10(8-9)14-11(13)6-3-7-12/h2,4-5,8H,3,6H2,1H3. The molecule has 1 aromatic carbocycles. The van der Waals surface area contributed by atoms with E-state index in [2.05, 4.69) is 0 Å². The van der Waals surface area contributed by atoms with Gasteiger partial charge < -0.3 is 4.74 Å². The van der Waals surface area contributed by atoms with Crippen molar-refractivity contribution in [3.05, 3.63) is 29.8 Å². The van der Waals surface area contributed by atoms with Gasteiger partial charge in [-0.05, 0) is 24.6 Å². The van der Waals surface area contributed by atoms with Crippen LogP contribution in [0.5, 0.6) is 5.75 Å². The van der Waals surface area contributed by atoms with Crippen LogP contribution in [0.2, 0.25) is 0 Å². The van der Waals surface area contributed by atoms with E-state index < -0.39 is 0 Å². The Bertz CT molecular complexity index is 366. The fraction of sp³-hybridized carbons (Fsp3) is 0.273. The maximum atomic E-state index is 11.1. The lowest BCUT2D eigenvalue weighted by molar-refractivity contribution is -0.134. The van der Waals surface area contributed by atoms with Gasteiger partial charge in [-0.25, -0.2) is 0 Å². The third-order valence-electron chi connectivity index (χ3n) is 1.66. The topological polar surface area (TPSA) is 50.1 Å². The van der Waals surface area contributed by atoms with E-state index in [9.17, 15) is 4.79 Å². The molecule has 0 saturated carbocycles. The van der Waals surface area contributed by atoms with Crippen molar-refractivity contribution >= 4 is 5.97 Å². The maximum Gasteiger partial charge on any atom is 0.312 e. The van der Waals surface area contributed by atoms with Crippen LogP contribution in [-0.4, -0.2) is 5.97 Å². The molecule has 0 aromatic heterocycles. The van der Waals surface area contributed by atoms with Gasteiger partial charge in [0.05, 0.1) is 12.5 Å². The van der Waals surface area contributed by atoms with Gasteiger partial charge in [-0.15, -0.1) is 0 Å². The molecule has 0 fully saturated rings. The van der Waals surface area contributed by atoms with Crippen LogP contribution in [0, 0.1) is 18.3 Å². The zero-order valence-corrected chi connectivity index (χ0v) is 7.99. The SMILES string of the molecule is Cc1cccc(OC(=O)CCC#N)c1. The lowest BCUT2D eigenvalue weighted by Crippen LogP contribution is -2.06. The third kappa shape index (κ3) is 3.28. The summed E-state index contributed by atoms with van der Waals surface area (Å²) in [6, 6.07) is 9.14. The first-order valence-corrected chi connectivity index (χ1v) is 4.36. The summed E-state index contributed by atoms with van der Waals surface area (Å²) in [5.41, 5.74) is 1.04. The first-order chi connectivity index (χ1) is 6.72. The molecule has 0 N–H and O–H groups in total. The van der Waals surface area contributed by atoms with Crippen molar-refractivity contribution in [2.45, 2.75) is 19.8 Å². The second-order valence-corrected chi connectivity index (χ2v) is 2.95. The Morgan fingerprint density at radius 2 is 2.36 bits per heavy atom. The van der Waals surface area contributed by atoms with Crippen molar-refractivity contribution < 1.29 is 9.53 Å². The Kier molecular flexibility index (Phi) is 3.69. The van der Waals surface area contributed by atoms with Gasteiger partial charge in [-0.3, -0.25) is 4.79 Å². The second-order valence-electron chi connectivity index (χ2n) is 2.95. The minimum absolute atomic E-state index is 0.143. The number of nitrogens with zero attached hydrogens (tertiary/aromatic N) is 1. The molecule has 0 atom stereocenters. The minimum atomic E-state index is -0.364. The van der Waals surface area contributed by atoms with E-state index in [0.717, 1.165) is 5.56 Å². The number of ether oxygens (including phenoxy) is 1. The van der Waals surface area contributed by atoms with Crippen molar-refractivity contribution in [2.24, 2.45) is 0 Å². The molecule has 0 heterocycles. The van der Waals surface area contributed by atoms with Gasteiger partial charge in [-0.1, -0.05) is 12.1 Å². The number of nitriles is 1. The first kappa shape index (κ1) is 10.3. The number of benzene rings is 1. The highest BCUT2D eigenvalue weighted by Gasteiger charge is 2.03. The van der Waals surface area contributed by atoms with Crippen LogP contribution in [0.25, 0.3) is 0 Å². The molecule has 0 aliphatic carbocycles. The zero-order chi connectivity index (χ0) is 10.4. The molecule has 14 heavy (non-hydrogen) atoms. The van der Waals surface area contributed by atoms with Crippen molar-refractivity contribution in [3.63, 3.8) is 0 Å². The van der Waals surface area contributed by atoms with E-state index in [-0.39, 0.29) is 18.8 Å². The number of hydrogen-bond donors (Lipinski definition) is 0. The smallest absolute Gasteiger partial charge is 0.312 e. The van der Waals surface area contributed by atoms with E-state index in [1.165, 1.54) is 0 Å². The van der Waals surface area contributed by atoms with Crippen LogP contribution in [0.15, 0.2) is 24.3 Å². The largest absolute Gasteiger partial charge is 0.426 e. The summed E-state index contributed by atoms with van der Waals surface area (Å²) >= 11 is 0. The number of aryl methyl sites for hydroxylation is 1. The Hall–Kier alpha value is -1.82. The molecule has 0 unspecified atom stereocenters. The number of rotatable bonds is 3. The van der Waals surface area contributed by atoms with Crippen LogP contribution in [0.1, 0.15) is 18.4 Å². The molecule has 1 aromatic rings. The quantitative estimate of drug-likeness (QED) is 0.541. The highest BCUT2D eigenvalue weighted by molar-refractivity contribution is 5.72. The van der Waals surface area contributed by atoms with E-state index in [1.807, 2.05) is 25.1 Å². The summed E-state index contributed by atoms with van der Waals surface area (Å²) in [5.74, 6) is 0.171. The monoisotopic (exact) mass is 189 g/mol. The van der Waals surface area contributed by atoms with Gasteiger partial charge in [0.1, 0.15) is 5.75 Å². The second kappa shape index (κ2) is 5.03. The van der Waals surface area contributed by atoms with Crippen LogP contribution in [-0.2, 0) is 4.79 Å². The van der Waals surface area contributed by atoms with Crippen LogP contribution in [0.3, 0.4) is 0 Å². The molecule has 3 nitrogen and oxygen atoms in total. The van der Waals surface area contributed by atoms with Crippen molar-refractivity contribution in [1.29, 1.82) is 5.26 Å². The number of esters is 1. The summed E-state index contributed by atoms with van der Waals surface area (Å²) < 4.78 is 5.01. The number of carbonyl (C=O) groups excluding carboxylic acids is 1. The first-order valence-electron chi connectivity index (χ1n) is 4.36. The summed E-state index contributed by atoms with van der Waals surface area (Å²) in [6.07, 6.45) is 0.342. The van der Waals surface area contributed by atoms with Gasteiger partial charge in [0, 0.05) is 6.42 Å². The Balaban J connectivity index is 2.53. The maximum absolute atomic E-state index is 11.1. The predicted molar refractivity (Wildman–Crippen MR) is 51.7 cm³/mol. The molecule has 0 radical (unpaired) electrons. The highest BCUT2D eigenvalue weighted by Crippen LogP contribution is 2.13. The normalized spacial score (nSPS) is 9.14. The van der Waals surface area contributed by atoms with Gasteiger partial charge in [0.25, 0.3) is 0 Å². The highest BCUT2D eigenvalue weighted by atomic mass is 16.5. The Morgan fingerprint density at radius 3 is 3.00 bits per heavy atom. The van der Waals surface area contributed by atoms with Gasteiger partial charge in [-0.2, -0.15) is 5.26 Å². The van der Waals surface area contributed by atoms with Crippen molar-refractivity contribution in [1.82, 2.24) is 0 Å². The summed E-state index contributed by atoms with van der Waals surface area (Å²) in [6.45, 7) is 1.92. The lowest BCUT2D eigenvalue weighted by atomic mass is 10.2. The minimum Gasteiger partial charge on any atom is -0.426 e. The van der Waals surface area contributed by atoms with Crippen LogP contribution < -0.4 is 4.74 Å². The molecule has 0 spiro atoms. The number of carbonyl (C=O) groups is 1. The average molecular weight is 189 g/mol. The lowest BCUT2D eigenvalue weighted by Gasteiger charge is -2.02. The Morgan fingerprint density at radius 1 is 1.57 bits per heavy atom. The summed E-state index contributed by atoms with van der Waals surface area (Å²) in [5, 5.41) is 8.27. The van der Waals surface area contributed by atoms with Crippen molar-refractivity contribution in [2.75, 3.05) is 0 Å². The van der Waals surface area contributed by atoms with Crippen molar-refractivity contribution in [3.8, 4) is 11.8 Å². The van der Waals surface area contributed by atoms with Gasteiger partial charge >= 0.3 is 5.97 Å². The zero-order valence-electron chi connectivity index (χ0n) is 7.99. The molecule has 0 bridgehead atoms. The molecular formula is C11H11NO2. The van der Waals surface area contributed by atoms with E-state index >= 15 is 0 Å². The molecule has 0 saturated heterocycles. The number of hydrogen-bond acceptors (Lipinski definition) is 3. The third-order valence-corrected chi connectivity index (χ3v) is 1.66. The van der Waals surface area contributed by atoms with Crippen LogP contribution in [0.4, 0.5) is 0 Å². The molecule has 0 aliphatic rings. The average Bonchev–Trinajstić information content (AvgIpc) is 2.15. The van der Waals surface area contributed by atoms with Gasteiger partial charge in [0.15, 0.2) is 0 Å². The predicted octanol–water partition coefficient (Wildman–Crippen LogP) is 2.20. The molecule has 3 heteroatoms. The van der Waals surface area contributed by atoms with E-state index in [0.29, 0.717) is 5.75 Å². The molecular weight excluding hydrogens is 178 g/mol. The summed E-state index contributed by atoms with van der Waals surface area (Å²) in [7, 11) is 0. The fourth-order valence-corrected chi connectivity index (χ4v) is 1.02. The summed E-state index contributed by atoms with van der Waals surface area (Å²) in [4.78, 5) is 11.1.